The van der Waals surface area contributed by atoms with Crippen molar-refractivity contribution in [3.63, 3.8) is 0 Å². The third-order valence-corrected chi connectivity index (χ3v) is 3.70. The molecule has 0 spiro atoms. The molecule has 2 aromatic heterocycles. The number of aryl methyl sites for hydroxylation is 2. The van der Waals surface area contributed by atoms with E-state index in [0.717, 1.165) is 39.4 Å². The predicted octanol–water partition coefficient (Wildman–Crippen LogP) is 4.01. The van der Waals surface area contributed by atoms with Gasteiger partial charge in [0.1, 0.15) is 22.8 Å². The summed E-state index contributed by atoms with van der Waals surface area (Å²) in [6, 6.07) is 9.75. The molecule has 1 N–H and O–H groups in total. The summed E-state index contributed by atoms with van der Waals surface area (Å²) in [5.74, 6) is 2.19. The number of nitrogens with one attached hydrogen (secondary N) is 1. The van der Waals surface area contributed by atoms with Crippen molar-refractivity contribution in [3.8, 4) is 11.5 Å². The van der Waals surface area contributed by atoms with Gasteiger partial charge in [0, 0.05) is 17.1 Å². The fourth-order valence-corrected chi connectivity index (χ4v) is 2.46. The van der Waals surface area contributed by atoms with Gasteiger partial charge in [-0.3, -0.25) is 4.98 Å². The molecule has 5 heteroatoms. The second-order valence-corrected chi connectivity index (χ2v) is 5.36. The Morgan fingerprint density at radius 1 is 1.00 bits per heavy atom. The highest BCUT2D eigenvalue weighted by molar-refractivity contribution is 5.90. The van der Waals surface area contributed by atoms with Crippen molar-refractivity contribution < 1.29 is 9.47 Å². The van der Waals surface area contributed by atoms with Crippen molar-refractivity contribution in [1.29, 1.82) is 0 Å². The summed E-state index contributed by atoms with van der Waals surface area (Å²) in [4.78, 5) is 8.97. The van der Waals surface area contributed by atoms with Gasteiger partial charge in [0.2, 0.25) is 0 Å². The molecule has 0 amide bonds. The third-order valence-electron chi connectivity index (χ3n) is 3.70. The number of pyridine rings is 2. The van der Waals surface area contributed by atoms with Gasteiger partial charge in [-0.2, -0.15) is 0 Å². The van der Waals surface area contributed by atoms with E-state index >= 15 is 0 Å². The second kappa shape index (κ2) is 6.12. The van der Waals surface area contributed by atoms with Gasteiger partial charge < -0.3 is 14.8 Å². The first kappa shape index (κ1) is 15.1. The lowest BCUT2D eigenvalue weighted by atomic mass is 10.1. The van der Waals surface area contributed by atoms with Crippen LogP contribution in [0.5, 0.6) is 11.5 Å². The molecule has 1 aromatic carbocycles. The molecule has 3 rings (SSSR count). The minimum Gasteiger partial charge on any atom is -0.497 e. The number of hydrogen-bond donors (Lipinski definition) is 1. The Balaban J connectivity index is 2.07. The Kier molecular flexibility index (Phi) is 4.02. The number of methoxy groups -OCH3 is 2. The van der Waals surface area contributed by atoms with Crippen LogP contribution >= 0.6 is 0 Å². The SMILES string of the molecule is COc1cc(OC)c2nc(Nc3ccc(C)nc3)cc(C)c2c1. The zero-order chi connectivity index (χ0) is 16.4. The van der Waals surface area contributed by atoms with E-state index in [2.05, 4.69) is 15.3 Å². The summed E-state index contributed by atoms with van der Waals surface area (Å²) >= 11 is 0. The Bertz CT molecular complexity index is 845. The predicted molar refractivity (Wildman–Crippen MR) is 91.8 cm³/mol. The van der Waals surface area contributed by atoms with Crippen LogP contribution in [-0.4, -0.2) is 24.2 Å². The van der Waals surface area contributed by atoms with Crippen molar-refractivity contribution in [3.05, 3.63) is 47.8 Å². The van der Waals surface area contributed by atoms with Crippen LogP contribution in [0.3, 0.4) is 0 Å². The van der Waals surface area contributed by atoms with E-state index < -0.39 is 0 Å². The molecule has 0 radical (unpaired) electrons. The van der Waals surface area contributed by atoms with Crippen molar-refractivity contribution in [2.24, 2.45) is 0 Å². The van der Waals surface area contributed by atoms with E-state index in [1.54, 1.807) is 20.4 Å². The Morgan fingerprint density at radius 2 is 1.83 bits per heavy atom. The molecule has 0 unspecified atom stereocenters. The molecule has 0 atom stereocenters. The fourth-order valence-electron chi connectivity index (χ4n) is 2.46. The Morgan fingerprint density at radius 3 is 2.48 bits per heavy atom. The first-order valence-corrected chi connectivity index (χ1v) is 7.34. The van der Waals surface area contributed by atoms with Crippen LogP contribution in [0.4, 0.5) is 11.5 Å². The third kappa shape index (κ3) is 3.04. The second-order valence-electron chi connectivity index (χ2n) is 5.36. The van der Waals surface area contributed by atoms with Crippen LogP contribution < -0.4 is 14.8 Å². The molecule has 0 aliphatic carbocycles. The molecule has 0 fully saturated rings. The lowest BCUT2D eigenvalue weighted by Crippen LogP contribution is -1.98. The maximum Gasteiger partial charge on any atom is 0.148 e. The molecule has 23 heavy (non-hydrogen) atoms. The number of benzene rings is 1. The summed E-state index contributed by atoms with van der Waals surface area (Å²) in [5.41, 5.74) is 3.77. The molecule has 118 valence electrons. The van der Waals surface area contributed by atoms with Gasteiger partial charge >= 0.3 is 0 Å². The summed E-state index contributed by atoms with van der Waals surface area (Å²) in [5, 5.41) is 4.29. The summed E-state index contributed by atoms with van der Waals surface area (Å²) in [6.07, 6.45) is 1.79. The van der Waals surface area contributed by atoms with Crippen molar-refractivity contribution in [2.45, 2.75) is 13.8 Å². The molecule has 2 heterocycles. The number of aromatic nitrogens is 2. The minimum absolute atomic E-state index is 0.688. The van der Waals surface area contributed by atoms with E-state index in [0.29, 0.717) is 5.75 Å². The summed E-state index contributed by atoms with van der Waals surface area (Å²) in [7, 11) is 3.28. The highest BCUT2D eigenvalue weighted by Gasteiger charge is 2.11. The number of ether oxygens (including phenoxy) is 2. The minimum atomic E-state index is 0.688. The van der Waals surface area contributed by atoms with Crippen LogP contribution in [0.2, 0.25) is 0 Å². The first-order chi connectivity index (χ1) is 11.1. The van der Waals surface area contributed by atoms with Gasteiger partial charge in [0.15, 0.2) is 0 Å². The van der Waals surface area contributed by atoms with Gasteiger partial charge in [-0.25, -0.2) is 4.98 Å². The van der Waals surface area contributed by atoms with Crippen molar-refractivity contribution in [2.75, 3.05) is 19.5 Å². The average Bonchev–Trinajstić information content (AvgIpc) is 2.56. The molecule has 3 aromatic rings. The molecule has 0 aliphatic rings. The normalized spacial score (nSPS) is 10.6. The van der Waals surface area contributed by atoms with Gasteiger partial charge in [-0.1, -0.05) is 0 Å². The summed E-state index contributed by atoms with van der Waals surface area (Å²) < 4.78 is 10.8. The lowest BCUT2D eigenvalue weighted by Gasteiger charge is -2.13. The van der Waals surface area contributed by atoms with Crippen LogP contribution in [0.1, 0.15) is 11.3 Å². The highest BCUT2D eigenvalue weighted by atomic mass is 16.5. The van der Waals surface area contributed by atoms with Crippen LogP contribution in [0, 0.1) is 13.8 Å². The Labute approximate surface area is 135 Å². The maximum absolute atomic E-state index is 5.46. The van der Waals surface area contributed by atoms with Crippen molar-refractivity contribution in [1.82, 2.24) is 9.97 Å². The quantitative estimate of drug-likeness (QED) is 0.789. The molecule has 0 saturated carbocycles. The largest absolute Gasteiger partial charge is 0.497 e. The molecule has 5 nitrogen and oxygen atoms in total. The van der Waals surface area contributed by atoms with Gasteiger partial charge in [0.05, 0.1) is 26.1 Å². The monoisotopic (exact) mass is 309 g/mol. The first-order valence-electron chi connectivity index (χ1n) is 7.34. The summed E-state index contributed by atoms with van der Waals surface area (Å²) in [6.45, 7) is 4.00. The van der Waals surface area contributed by atoms with E-state index in [4.69, 9.17) is 9.47 Å². The Hall–Kier alpha value is -2.82. The van der Waals surface area contributed by atoms with Crippen LogP contribution in [0.25, 0.3) is 10.9 Å². The number of rotatable bonds is 4. The van der Waals surface area contributed by atoms with Crippen LogP contribution in [0.15, 0.2) is 36.5 Å². The van der Waals surface area contributed by atoms with Crippen LogP contribution in [-0.2, 0) is 0 Å². The molecule has 0 saturated heterocycles. The number of anilines is 2. The van der Waals surface area contributed by atoms with Crippen molar-refractivity contribution >= 4 is 22.4 Å². The van der Waals surface area contributed by atoms with E-state index in [1.807, 2.05) is 44.2 Å². The van der Waals surface area contributed by atoms with Gasteiger partial charge in [-0.15, -0.1) is 0 Å². The van der Waals surface area contributed by atoms with E-state index in [1.165, 1.54) is 0 Å². The highest BCUT2D eigenvalue weighted by Crippen LogP contribution is 2.33. The van der Waals surface area contributed by atoms with E-state index in [-0.39, 0.29) is 0 Å². The zero-order valence-corrected chi connectivity index (χ0v) is 13.7. The number of nitrogens with zero attached hydrogens (tertiary/aromatic N) is 2. The van der Waals surface area contributed by atoms with Gasteiger partial charge in [-0.05, 0) is 43.7 Å². The molecular formula is C18H19N3O2. The topological polar surface area (TPSA) is 56.3 Å². The zero-order valence-electron chi connectivity index (χ0n) is 13.7. The fraction of sp³-hybridized carbons (Fsp3) is 0.222. The smallest absolute Gasteiger partial charge is 0.148 e. The lowest BCUT2D eigenvalue weighted by molar-refractivity contribution is 0.397. The average molecular weight is 309 g/mol. The molecule has 0 aliphatic heterocycles. The molecule has 0 bridgehead atoms. The van der Waals surface area contributed by atoms with E-state index in [9.17, 15) is 0 Å². The molecular weight excluding hydrogens is 290 g/mol. The maximum atomic E-state index is 5.46. The number of hydrogen-bond acceptors (Lipinski definition) is 5. The standard InChI is InChI=1S/C18H19N3O2/c1-11-7-17(20-13-6-5-12(2)19-10-13)21-18-15(11)8-14(22-3)9-16(18)23-4/h5-10H,1-4H3,(H,20,21). The number of fused-ring (bicyclic) bond motifs is 1. The van der Waals surface area contributed by atoms with Gasteiger partial charge in [0.25, 0.3) is 0 Å².